The number of nitrogens with one attached hydrogen (secondary N) is 1. The summed E-state index contributed by atoms with van der Waals surface area (Å²) in [4.78, 5) is 0. The molecule has 5 nitrogen and oxygen atoms in total. The number of hydrogen-bond donors (Lipinski definition) is 1. The Morgan fingerprint density at radius 2 is 2.33 bits per heavy atom. The Hall–Kier alpha value is -1.88. The molecule has 0 spiro atoms. The van der Waals surface area contributed by atoms with E-state index in [0.717, 1.165) is 31.1 Å². The van der Waals surface area contributed by atoms with Gasteiger partial charge < -0.3 is 10.1 Å². The smallest absolute Gasteiger partial charge is 0.122 e. The molecule has 1 unspecified atom stereocenters. The van der Waals surface area contributed by atoms with E-state index < -0.39 is 0 Å². The van der Waals surface area contributed by atoms with Crippen LogP contribution in [0.5, 0.6) is 5.75 Å². The summed E-state index contributed by atoms with van der Waals surface area (Å²) in [5.74, 6) is 1.36. The van der Waals surface area contributed by atoms with Crippen molar-refractivity contribution < 1.29 is 4.74 Å². The number of para-hydroxylation sites is 1. The molecule has 0 fully saturated rings. The SMILES string of the molecule is CNCc1cn(CC2COc3ccccc32)nn1. The van der Waals surface area contributed by atoms with E-state index in [9.17, 15) is 0 Å². The molecule has 3 rings (SSSR count). The molecule has 1 aliphatic heterocycles. The monoisotopic (exact) mass is 244 g/mol. The van der Waals surface area contributed by atoms with Crippen LogP contribution in [0.3, 0.4) is 0 Å². The first-order chi connectivity index (χ1) is 8.86. The fourth-order valence-corrected chi connectivity index (χ4v) is 2.30. The zero-order chi connectivity index (χ0) is 12.4. The lowest BCUT2D eigenvalue weighted by molar-refractivity contribution is 0.314. The third-order valence-corrected chi connectivity index (χ3v) is 3.15. The Bertz CT molecular complexity index is 537. The molecule has 5 heteroatoms. The van der Waals surface area contributed by atoms with Crippen molar-refractivity contribution in [1.29, 1.82) is 0 Å². The highest BCUT2D eigenvalue weighted by atomic mass is 16.5. The number of rotatable bonds is 4. The number of aromatic nitrogens is 3. The Kier molecular flexibility index (Phi) is 2.98. The minimum absolute atomic E-state index is 0.366. The number of benzene rings is 1. The maximum absolute atomic E-state index is 5.66. The first-order valence-corrected chi connectivity index (χ1v) is 6.12. The Morgan fingerprint density at radius 1 is 1.44 bits per heavy atom. The maximum atomic E-state index is 5.66. The summed E-state index contributed by atoms with van der Waals surface area (Å²) in [6.07, 6.45) is 1.98. The average molecular weight is 244 g/mol. The topological polar surface area (TPSA) is 52.0 Å². The molecule has 0 aliphatic carbocycles. The molecule has 1 aliphatic rings. The van der Waals surface area contributed by atoms with Crippen LogP contribution in [-0.4, -0.2) is 28.6 Å². The predicted molar refractivity (Wildman–Crippen MR) is 67.5 cm³/mol. The minimum atomic E-state index is 0.366. The number of ether oxygens (including phenoxy) is 1. The van der Waals surface area contributed by atoms with Gasteiger partial charge >= 0.3 is 0 Å². The van der Waals surface area contributed by atoms with Crippen LogP contribution in [0, 0.1) is 0 Å². The van der Waals surface area contributed by atoms with Crippen LogP contribution in [0.1, 0.15) is 17.2 Å². The van der Waals surface area contributed by atoms with Crippen LogP contribution >= 0.6 is 0 Å². The van der Waals surface area contributed by atoms with Crippen molar-refractivity contribution in [3.63, 3.8) is 0 Å². The highest BCUT2D eigenvalue weighted by Gasteiger charge is 2.24. The molecule has 94 valence electrons. The van der Waals surface area contributed by atoms with Crippen molar-refractivity contribution in [2.24, 2.45) is 0 Å². The molecule has 0 saturated carbocycles. The molecule has 1 aromatic carbocycles. The molecule has 0 amide bonds. The van der Waals surface area contributed by atoms with Crippen molar-refractivity contribution in [3.8, 4) is 5.75 Å². The molecule has 0 bridgehead atoms. The summed E-state index contributed by atoms with van der Waals surface area (Å²) in [6, 6.07) is 8.19. The van der Waals surface area contributed by atoms with Gasteiger partial charge in [0.1, 0.15) is 5.75 Å². The van der Waals surface area contributed by atoms with E-state index in [0.29, 0.717) is 5.92 Å². The summed E-state index contributed by atoms with van der Waals surface area (Å²) in [5, 5.41) is 11.3. The van der Waals surface area contributed by atoms with Gasteiger partial charge in [-0.3, -0.25) is 4.68 Å². The van der Waals surface area contributed by atoms with Gasteiger partial charge in [-0.25, -0.2) is 0 Å². The van der Waals surface area contributed by atoms with Gasteiger partial charge in [-0.2, -0.15) is 0 Å². The van der Waals surface area contributed by atoms with E-state index in [4.69, 9.17) is 4.74 Å². The summed E-state index contributed by atoms with van der Waals surface area (Å²) in [5.41, 5.74) is 2.23. The van der Waals surface area contributed by atoms with E-state index in [2.05, 4.69) is 21.7 Å². The first kappa shape index (κ1) is 11.2. The zero-order valence-electron chi connectivity index (χ0n) is 10.3. The zero-order valence-corrected chi connectivity index (χ0v) is 10.3. The van der Waals surface area contributed by atoms with Crippen LogP contribution in [0.2, 0.25) is 0 Å². The van der Waals surface area contributed by atoms with Crippen molar-refractivity contribution in [2.75, 3.05) is 13.7 Å². The highest BCUT2D eigenvalue weighted by molar-refractivity contribution is 5.39. The van der Waals surface area contributed by atoms with Gasteiger partial charge in [0.05, 0.1) is 18.8 Å². The van der Waals surface area contributed by atoms with Gasteiger partial charge in [0.2, 0.25) is 0 Å². The van der Waals surface area contributed by atoms with E-state index >= 15 is 0 Å². The lowest BCUT2D eigenvalue weighted by Gasteiger charge is -2.07. The van der Waals surface area contributed by atoms with Gasteiger partial charge in [-0.15, -0.1) is 5.10 Å². The van der Waals surface area contributed by atoms with Gasteiger partial charge in [-0.1, -0.05) is 23.4 Å². The quantitative estimate of drug-likeness (QED) is 0.877. The molecule has 0 radical (unpaired) electrons. The average Bonchev–Trinajstić information content (AvgIpc) is 2.99. The Labute approximate surface area is 106 Å². The second-order valence-electron chi connectivity index (χ2n) is 4.51. The minimum Gasteiger partial charge on any atom is -0.493 e. The van der Waals surface area contributed by atoms with Gasteiger partial charge in [0.15, 0.2) is 0 Å². The number of nitrogens with zero attached hydrogens (tertiary/aromatic N) is 3. The molecule has 18 heavy (non-hydrogen) atoms. The molecule has 2 heterocycles. The third kappa shape index (κ3) is 2.09. The molecule has 2 aromatic rings. The van der Waals surface area contributed by atoms with Crippen LogP contribution in [0.4, 0.5) is 0 Å². The summed E-state index contributed by atoms with van der Waals surface area (Å²) in [7, 11) is 1.90. The fourth-order valence-electron chi connectivity index (χ4n) is 2.30. The van der Waals surface area contributed by atoms with Crippen LogP contribution in [0.15, 0.2) is 30.5 Å². The van der Waals surface area contributed by atoms with Crippen molar-refractivity contribution >= 4 is 0 Å². The fraction of sp³-hybridized carbons (Fsp3) is 0.385. The molecular weight excluding hydrogens is 228 g/mol. The van der Waals surface area contributed by atoms with Gasteiger partial charge in [0.25, 0.3) is 0 Å². The summed E-state index contributed by atoms with van der Waals surface area (Å²) < 4.78 is 7.56. The largest absolute Gasteiger partial charge is 0.493 e. The van der Waals surface area contributed by atoms with Crippen molar-refractivity contribution in [1.82, 2.24) is 20.3 Å². The van der Waals surface area contributed by atoms with Crippen LogP contribution in [0.25, 0.3) is 0 Å². The Morgan fingerprint density at radius 3 is 3.22 bits per heavy atom. The molecular formula is C13H16N4O. The normalized spacial score (nSPS) is 17.5. The molecule has 1 N–H and O–H groups in total. The lowest BCUT2D eigenvalue weighted by Crippen LogP contribution is -2.11. The van der Waals surface area contributed by atoms with E-state index in [-0.39, 0.29) is 0 Å². The van der Waals surface area contributed by atoms with E-state index in [1.54, 1.807) is 0 Å². The summed E-state index contributed by atoms with van der Waals surface area (Å²) >= 11 is 0. The lowest BCUT2D eigenvalue weighted by atomic mass is 10.0. The second-order valence-corrected chi connectivity index (χ2v) is 4.51. The van der Waals surface area contributed by atoms with Crippen LogP contribution in [-0.2, 0) is 13.1 Å². The Balaban J connectivity index is 1.73. The molecule has 0 saturated heterocycles. The third-order valence-electron chi connectivity index (χ3n) is 3.15. The first-order valence-electron chi connectivity index (χ1n) is 6.12. The standard InChI is InChI=1S/C13H16N4O/c1-14-6-11-8-17(16-15-11)7-10-9-18-13-5-3-2-4-12(10)13/h2-5,8,10,14H,6-7,9H2,1H3. The number of hydrogen-bond acceptors (Lipinski definition) is 4. The van der Waals surface area contributed by atoms with Crippen LogP contribution < -0.4 is 10.1 Å². The second kappa shape index (κ2) is 4.78. The number of fused-ring (bicyclic) bond motifs is 1. The molecule has 1 aromatic heterocycles. The molecule has 1 atom stereocenters. The van der Waals surface area contributed by atoms with Crippen molar-refractivity contribution in [3.05, 3.63) is 41.7 Å². The summed E-state index contributed by atoms with van der Waals surface area (Å²) in [6.45, 7) is 2.28. The van der Waals surface area contributed by atoms with Gasteiger partial charge in [-0.05, 0) is 13.1 Å². The van der Waals surface area contributed by atoms with Crippen molar-refractivity contribution in [2.45, 2.75) is 19.0 Å². The highest BCUT2D eigenvalue weighted by Crippen LogP contribution is 2.34. The van der Waals surface area contributed by atoms with E-state index in [1.165, 1.54) is 5.56 Å². The maximum Gasteiger partial charge on any atom is 0.122 e. The predicted octanol–water partition coefficient (Wildman–Crippen LogP) is 1.17. The van der Waals surface area contributed by atoms with E-state index in [1.807, 2.05) is 36.1 Å². The van der Waals surface area contributed by atoms with Gasteiger partial charge in [0, 0.05) is 24.2 Å².